The number of aryl methyl sites for hydroxylation is 1. The average Bonchev–Trinajstić information content (AvgIpc) is 2.84. The van der Waals surface area contributed by atoms with Crippen LogP contribution in [0.25, 0.3) is 0 Å². The van der Waals surface area contributed by atoms with E-state index >= 15 is 0 Å². The second-order valence-corrected chi connectivity index (χ2v) is 7.08. The summed E-state index contributed by atoms with van der Waals surface area (Å²) in [6.45, 7) is 1.69. The van der Waals surface area contributed by atoms with E-state index in [1.807, 2.05) is 6.07 Å². The van der Waals surface area contributed by atoms with Crippen molar-refractivity contribution in [2.75, 3.05) is 6.54 Å². The van der Waals surface area contributed by atoms with E-state index in [-0.39, 0.29) is 11.4 Å². The van der Waals surface area contributed by atoms with Gasteiger partial charge in [0.15, 0.2) is 0 Å². The third-order valence-electron chi connectivity index (χ3n) is 3.72. The molecule has 1 aliphatic rings. The molecule has 0 unspecified atom stereocenters. The van der Waals surface area contributed by atoms with Crippen molar-refractivity contribution in [3.8, 4) is 6.07 Å². The first-order valence-corrected chi connectivity index (χ1v) is 8.07. The van der Waals surface area contributed by atoms with E-state index in [1.54, 1.807) is 13.0 Å². The quantitative estimate of drug-likeness (QED) is 0.879. The summed E-state index contributed by atoms with van der Waals surface area (Å²) in [5.41, 5.74) is 0.0268. The zero-order valence-corrected chi connectivity index (χ0v) is 12.2. The number of aliphatic hydroxyl groups is 1. The Balaban J connectivity index is 2.16. The maximum atomic E-state index is 12.2. The summed E-state index contributed by atoms with van der Waals surface area (Å²) in [5.74, 6) is 0. The van der Waals surface area contributed by atoms with Gasteiger partial charge in [-0.3, -0.25) is 0 Å². The van der Waals surface area contributed by atoms with Crippen molar-refractivity contribution >= 4 is 10.0 Å². The van der Waals surface area contributed by atoms with Crippen LogP contribution in [-0.4, -0.2) is 25.7 Å². The van der Waals surface area contributed by atoms with Crippen LogP contribution in [0.5, 0.6) is 0 Å². The summed E-state index contributed by atoms with van der Waals surface area (Å²) in [4.78, 5) is 0.151. The van der Waals surface area contributed by atoms with Crippen molar-refractivity contribution in [1.29, 1.82) is 5.26 Å². The van der Waals surface area contributed by atoms with Crippen LogP contribution < -0.4 is 4.72 Å². The van der Waals surface area contributed by atoms with E-state index in [1.165, 1.54) is 12.1 Å². The molecule has 0 spiro atoms. The normalized spacial score (nSPS) is 17.9. The first kappa shape index (κ1) is 15.0. The highest BCUT2D eigenvalue weighted by Crippen LogP contribution is 2.29. The fraction of sp³-hybridized carbons (Fsp3) is 0.500. The number of nitrogens with one attached hydrogen (secondary N) is 1. The van der Waals surface area contributed by atoms with Crippen molar-refractivity contribution in [2.45, 2.75) is 43.1 Å². The predicted octanol–water partition coefficient (Wildman–Crippen LogP) is 1.45. The van der Waals surface area contributed by atoms with Crippen LogP contribution in [0.1, 0.15) is 36.8 Å². The second-order valence-electron chi connectivity index (χ2n) is 5.35. The molecule has 108 valence electrons. The van der Waals surface area contributed by atoms with E-state index in [9.17, 15) is 13.5 Å². The van der Waals surface area contributed by atoms with Crippen LogP contribution in [0.15, 0.2) is 23.1 Å². The Labute approximate surface area is 119 Å². The summed E-state index contributed by atoms with van der Waals surface area (Å²) in [5, 5.41) is 19.0. The number of benzene rings is 1. The van der Waals surface area contributed by atoms with E-state index < -0.39 is 15.6 Å². The Hall–Kier alpha value is -1.42. The van der Waals surface area contributed by atoms with Gasteiger partial charge in [-0.2, -0.15) is 5.26 Å². The van der Waals surface area contributed by atoms with Crippen LogP contribution in [0.2, 0.25) is 0 Å². The van der Waals surface area contributed by atoms with Crippen molar-refractivity contribution < 1.29 is 13.5 Å². The maximum Gasteiger partial charge on any atom is 0.240 e. The van der Waals surface area contributed by atoms with Gasteiger partial charge in [0.1, 0.15) is 0 Å². The molecule has 1 saturated carbocycles. The molecule has 0 aromatic heterocycles. The van der Waals surface area contributed by atoms with Crippen LogP contribution in [-0.2, 0) is 10.0 Å². The largest absolute Gasteiger partial charge is 0.389 e. The van der Waals surface area contributed by atoms with Gasteiger partial charge in [-0.15, -0.1) is 0 Å². The summed E-state index contributed by atoms with van der Waals surface area (Å²) in [7, 11) is -3.66. The summed E-state index contributed by atoms with van der Waals surface area (Å²) < 4.78 is 27.0. The molecule has 0 bridgehead atoms. The van der Waals surface area contributed by atoms with Crippen molar-refractivity contribution in [3.63, 3.8) is 0 Å². The fourth-order valence-electron chi connectivity index (χ4n) is 2.54. The molecule has 0 saturated heterocycles. The molecular weight excluding hydrogens is 276 g/mol. The second kappa shape index (κ2) is 5.52. The number of nitrogens with zero attached hydrogens (tertiary/aromatic N) is 1. The summed E-state index contributed by atoms with van der Waals surface area (Å²) in [6.07, 6.45) is 3.10. The molecule has 5 nitrogen and oxygen atoms in total. The lowest BCUT2D eigenvalue weighted by Gasteiger charge is -2.22. The molecule has 2 rings (SSSR count). The molecule has 0 amide bonds. The minimum absolute atomic E-state index is 0.0365. The highest BCUT2D eigenvalue weighted by atomic mass is 32.2. The highest BCUT2D eigenvalue weighted by molar-refractivity contribution is 7.89. The molecular formula is C14H18N2O3S. The number of hydrogen-bond acceptors (Lipinski definition) is 4. The van der Waals surface area contributed by atoms with Crippen LogP contribution in [0.3, 0.4) is 0 Å². The summed E-state index contributed by atoms with van der Waals surface area (Å²) >= 11 is 0. The molecule has 6 heteroatoms. The Morgan fingerprint density at radius 1 is 1.40 bits per heavy atom. The van der Waals surface area contributed by atoms with Gasteiger partial charge >= 0.3 is 0 Å². The van der Waals surface area contributed by atoms with Gasteiger partial charge in [0, 0.05) is 6.54 Å². The fourth-order valence-corrected chi connectivity index (χ4v) is 3.88. The van der Waals surface area contributed by atoms with Crippen LogP contribution in [0.4, 0.5) is 0 Å². The molecule has 1 aromatic carbocycles. The van der Waals surface area contributed by atoms with Gasteiger partial charge in [0.2, 0.25) is 10.0 Å². The molecule has 0 aliphatic heterocycles. The standard InChI is InChI=1S/C14H18N2O3S/c1-11-8-12(9-15)4-5-13(11)20(18,19)16-10-14(17)6-2-3-7-14/h4-5,8,16-17H,2-3,6-7,10H2,1H3. The SMILES string of the molecule is Cc1cc(C#N)ccc1S(=O)(=O)NCC1(O)CCCC1. The molecule has 1 aliphatic carbocycles. The Kier molecular flexibility index (Phi) is 4.14. The van der Waals surface area contributed by atoms with Gasteiger partial charge in [-0.25, -0.2) is 13.1 Å². The minimum Gasteiger partial charge on any atom is -0.389 e. The zero-order chi connectivity index (χ0) is 14.8. The number of rotatable bonds is 4. The monoisotopic (exact) mass is 294 g/mol. The molecule has 1 fully saturated rings. The average molecular weight is 294 g/mol. The Morgan fingerprint density at radius 3 is 2.60 bits per heavy atom. The number of sulfonamides is 1. The van der Waals surface area contributed by atoms with Gasteiger partial charge in [0.05, 0.1) is 22.1 Å². The lowest BCUT2D eigenvalue weighted by atomic mass is 10.0. The van der Waals surface area contributed by atoms with Crippen molar-refractivity contribution in [3.05, 3.63) is 29.3 Å². The predicted molar refractivity (Wildman–Crippen MR) is 74.5 cm³/mol. The van der Waals surface area contributed by atoms with E-state index in [4.69, 9.17) is 5.26 Å². The van der Waals surface area contributed by atoms with Crippen molar-refractivity contribution in [1.82, 2.24) is 4.72 Å². The highest BCUT2D eigenvalue weighted by Gasteiger charge is 2.32. The van der Waals surface area contributed by atoms with Gasteiger partial charge in [-0.05, 0) is 43.5 Å². The molecule has 0 atom stereocenters. The molecule has 20 heavy (non-hydrogen) atoms. The summed E-state index contributed by atoms with van der Waals surface area (Å²) in [6, 6.07) is 6.42. The topological polar surface area (TPSA) is 90.2 Å². The van der Waals surface area contributed by atoms with E-state index in [2.05, 4.69) is 4.72 Å². The third-order valence-corrected chi connectivity index (χ3v) is 5.28. The zero-order valence-electron chi connectivity index (χ0n) is 11.4. The first-order chi connectivity index (χ1) is 9.36. The molecule has 2 N–H and O–H groups in total. The van der Waals surface area contributed by atoms with Crippen molar-refractivity contribution in [2.24, 2.45) is 0 Å². The van der Waals surface area contributed by atoms with E-state index in [0.29, 0.717) is 24.0 Å². The number of hydrogen-bond donors (Lipinski definition) is 2. The van der Waals surface area contributed by atoms with Crippen LogP contribution >= 0.6 is 0 Å². The Morgan fingerprint density at radius 2 is 2.05 bits per heavy atom. The molecule has 0 heterocycles. The van der Waals surface area contributed by atoms with Crippen LogP contribution in [0, 0.1) is 18.3 Å². The first-order valence-electron chi connectivity index (χ1n) is 6.59. The van der Waals surface area contributed by atoms with Gasteiger partial charge < -0.3 is 5.11 Å². The number of nitriles is 1. The molecule has 1 aromatic rings. The lowest BCUT2D eigenvalue weighted by molar-refractivity contribution is 0.0531. The minimum atomic E-state index is -3.66. The maximum absolute atomic E-state index is 12.2. The van der Waals surface area contributed by atoms with E-state index in [0.717, 1.165) is 12.8 Å². The lowest BCUT2D eigenvalue weighted by Crippen LogP contribution is -2.40. The Bertz CT molecular complexity index is 641. The molecule has 0 radical (unpaired) electrons. The van der Waals surface area contributed by atoms with Gasteiger partial charge in [-0.1, -0.05) is 12.8 Å². The van der Waals surface area contributed by atoms with Gasteiger partial charge in [0.25, 0.3) is 0 Å². The smallest absolute Gasteiger partial charge is 0.240 e. The third kappa shape index (κ3) is 3.18.